The van der Waals surface area contributed by atoms with Crippen LogP contribution >= 0.6 is 23.1 Å². The van der Waals surface area contributed by atoms with E-state index in [1.165, 1.54) is 22.3 Å². The lowest BCUT2D eigenvalue weighted by Gasteiger charge is -2.06. The van der Waals surface area contributed by atoms with E-state index in [0.717, 1.165) is 42.2 Å². The number of nitrogens with one attached hydrogen (secondary N) is 2. The zero-order valence-corrected chi connectivity index (χ0v) is 17.8. The second kappa shape index (κ2) is 8.73. The number of H-pyrrole nitrogens is 1. The molecule has 0 saturated carbocycles. The van der Waals surface area contributed by atoms with Crippen LogP contribution in [0.3, 0.4) is 0 Å². The summed E-state index contributed by atoms with van der Waals surface area (Å²) in [4.78, 5) is 32.8. The second-order valence-corrected chi connectivity index (χ2v) is 8.74. The molecule has 0 spiro atoms. The van der Waals surface area contributed by atoms with Crippen molar-refractivity contribution in [3.8, 4) is 23.1 Å². The monoisotopic (exact) mass is 438 g/mol. The Morgan fingerprint density at radius 1 is 1.37 bits per heavy atom. The number of aromatic nitrogens is 2. The average Bonchev–Trinajstić information content (AvgIpc) is 3.32. The lowest BCUT2D eigenvalue weighted by Crippen LogP contribution is -2.15. The van der Waals surface area contributed by atoms with Gasteiger partial charge < -0.3 is 15.0 Å². The van der Waals surface area contributed by atoms with Gasteiger partial charge >= 0.3 is 0 Å². The van der Waals surface area contributed by atoms with Gasteiger partial charge in [0, 0.05) is 16.5 Å². The van der Waals surface area contributed by atoms with E-state index in [2.05, 4.69) is 21.4 Å². The molecular weight excluding hydrogens is 420 g/mol. The van der Waals surface area contributed by atoms with Crippen LogP contribution in [-0.4, -0.2) is 28.7 Å². The Labute approximate surface area is 181 Å². The Balaban J connectivity index is 1.45. The van der Waals surface area contributed by atoms with Gasteiger partial charge in [0.05, 0.1) is 24.1 Å². The van der Waals surface area contributed by atoms with Gasteiger partial charge in [0.25, 0.3) is 5.56 Å². The quantitative estimate of drug-likeness (QED) is 0.450. The van der Waals surface area contributed by atoms with Crippen LogP contribution in [0.1, 0.15) is 22.4 Å². The first-order chi connectivity index (χ1) is 14.6. The topological polar surface area (TPSA) is 108 Å². The minimum absolute atomic E-state index is 0.0719. The number of benzene rings is 1. The molecule has 30 heavy (non-hydrogen) atoms. The summed E-state index contributed by atoms with van der Waals surface area (Å²) in [6.45, 7) is 0. The van der Waals surface area contributed by atoms with E-state index in [4.69, 9.17) is 4.74 Å². The van der Waals surface area contributed by atoms with Crippen molar-refractivity contribution in [2.24, 2.45) is 0 Å². The number of anilines is 1. The Morgan fingerprint density at radius 3 is 2.90 bits per heavy atom. The number of fused-ring (bicyclic) bond motifs is 1. The Morgan fingerprint density at radius 2 is 2.17 bits per heavy atom. The summed E-state index contributed by atoms with van der Waals surface area (Å²) in [6.07, 6.45) is 2.91. The summed E-state index contributed by atoms with van der Waals surface area (Å²) in [6, 6.07) is 10.9. The zero-order valence-electron chi connectivity index (χ0n) is 16.2. The van der Waals surface area contributed by atoms with Crippen molar-refractivity contribution in [2.45, 2.75) is 24.4 Å². The first-order valence-corrected chi connectivity index (χ1v) is 11.1. The van der Waals surface area contributed by atoms with E-state index in [0.29, 0.717) is 27.2 Å². The second-order valence-electron chi connectivity index (χ2n) is 6.67. The predicted molar refractivity (Wildman–Crippen MR) is 117 cm³/mol. The molecule has 7 nitrogen and oxygen atoms in total. The number of aromatic amines is 1. The molecule has 2 heterocycles. The van der Waals surface area contributed by atoms with Gasteiger partial charge in [-0.15, -0.1) is 11.3 Å². The van der Waals surface area contributed by atoms with E-state index in [1.807, 2.05) is 12.1 Å². The number of methoxy groups -OCH3 is 1. The molecule has 1 aliphatic rings. The predicted octanol–water partition coefficient (Wildman–Crippen LogP) is 3.60. The number of carbonyl (C=O) groups is 1. The number of aryl methyl sites for hydroxylation is 1. The first-order valence-electron chi connectivity index (χ1n) is 9.30. The van der Waals surface area contributed by atoms with Crippen LogP contribution in [0, 0.1) is 11.3 Å². The molecular formula is C21H18N4O3S2. The third-order valence-corrected chi connectivity index (χ3v) is 6.81. The van der Waals surface area contributed by atoms with E-state index in [9.17, 15) is 14.9 Å². The fourth-order valence-electron chi connectivity index (χ4n) is 3.32. The normalized spacial score (nSPS) is 12.3. The molecule has 1 amide bonds. The van der Waals surface area contributed by atoms with Gasteiger partial charge in [0.15, 0.2) is 5.16 Å². The maximum absolute atomic E-state index is 12.4. The minimum atomic E-state index is -0.292. The van der Waals surface area contributed by atoms with Gasteiger partial charge in [-0.3, -0.25) is 9.59 Å². The van der Waals surface area contributed by atoms with Crippen LogP contribution in [0.4, 0.5) is 5.00 Å². The van der Waals surface area contributed by atoms with Crippen LogP contribution in [0.2, 0.25) is 0 Å². The van der Waals surface area contributed by atoms with Crippen molar-refractivity contribution in [3.05, 3.63) is 56.7 Å². The minimum Gasteiger partial charge on any atom is -0.497 e. The molecule has 1 aliphatic carbocycles. The smallest absolute Gasteiger partial charge is 0.252 e. The molecule has 4 rings (SSSR count). The zero-order chi connectivity index (χ0) is 21.1. The molecule has 0 bridgehead atoms. The van der Waals surface area contributed by atoms with E-state index < -0.39 is 0 Å². The standard InChI is InChI=1S/C21H18N4O3S2/c1-28-13-7-5-12(6-8-13)16-9-18(26)25-21(23-16)29-11-19(27)24-20-15(10-22)14-3-2-4-17(14)30-20/h5-9H,2-4,11H2,1H3,(H,24,27)(H,23,25,26). The maximum atomic E-state index is 12.4. The van der Waals surface area contributed by atoms with E-state index in [1.54, 1.807) is 19.2 Å². The summed E-state index contributed by atoms with van der Waals surface area (Å²) < 4.78 is 5.15. The highest BCUT2D eigenvalue weighted by Gasteiger charge is 2.23. The molecule has 1 aromatic carbocycles. The van der Waals surface area contributed by atoms with Crippen molar-refractivity contribution in [1.82, 2.24) is 9.97 Å². The Hall–Kier alpha value is -3.09. The summed E-state index contributed by atoms with van der Waals surface area (Å²) in [5.41, 5.74) is 2.66. The van der Waals surface area contributed by atoms with Gasteiger partial charge in [-0.1, -0.05) is 11.8 Å². The lowest BCUT2D eigenvalue weighted by molar-refractivity contribution is -0.113. The van der Waals surface area contributed by atoms with Crippen LogP contribution in [0.25, 0.3) is 11.3 Å². The molecule has 0 fully saturated rings. The number of rotatable bonds is 6. The van der Waals surface area contributed by atoms with Gasteiger partial charge in [0.2, 0.25) is 5.91 Å². The number of amides is 1. The highest BCUT2D eigenvalue weighted by molar-refractivity contribution is 7.99. The number of nitrogens with zero attached hydrogens (tertiary/aromatic N) is 2. The molecule has 152 valence electrons. The summed E-state index contributed by atoms with van der Waals surface area (Å²) in [7, 11) is 1.59. The molecule has 3 aromatic rings. The number of thioether (sulfide) groups is 1. The Bertz CT molecular complexity index is 1190. The van der Waals surface area contributed by atoms with Crippen molar-refractivity contribution in [1.29, 1.82) is 5.26 Å². The fourth-order valence-corrected chi connectivity index (χ4v) is 5.25. The van der Waals surface area contributed by atoms with Gasteiger partial charge in [-0.2, -0.15) is 5.26 Å². The molecule has 0 radical (unpaired) electrons. The highest BCUT2D eigenvalue weighted by Crippen LogP contribution is 2.38. The number of hydrogen-bond donors (Lipinski definition) is 2. The SMILES string of the molecule is COc1ccc(-c2cc(=O)[nH]c(SCC(=O)Nc3sc4c(c3C#N)CCC4)n2)cc1. The molecule has 0 atom stereocenters. The summed E-state index contributed by atoms with van der Waals surface area (Å²) in [5.74, 6) is 0.544. The lowest BCUT2D eigenvalue weighted by atomic mass is 10.1. The van der Waals surface area contributed by atoms with Gasteiger partial charge in [-0.05, 0) is 49.1 Å². The third kappa shape index (κ3) is 4.25. The van der Waals surface area contributed by atoms with Crippen LogP contribution in [0.15, 0.2) is 40.3 Å². The molecule has 0 unspecified atom stereocenters. The number of carbonyl (C=O) groups excluding carboxylic acids is 1. The van der Waals surface area contributed by atoms with Crippen LogP contribution in [0.5, 0.6) is 5.75 Å². The van der Waals surface area contributed by atoms with Crippen LogP contribution < -0.4 is 15.6 Å². The molecule has 2 N–H and O–H groups in total. The highest BCUT2D eigenvalue weighted by atomic mass is 32.2. The van der Waals surface area contributed by atoms with Crippen molar-refractivity contribution in [3.63, 3.8) is 0 Å². The van der Waals surface area contributed by atoms with Gasteiger partial charge in [0.1, 0.15) is 16.8 Å². The maximum Gasteiger partial charge on any atom is 0.252 e. The van der Waals surface area contributed by atoms with Crippen molar-refractivity contribution in [2.75, 3.05) is 18.2 Å². The third-order valence-electron chi connectivity index (χ3n) is 4.73. The number of thiophene rings is 1. The molecule has 2 aromatic heterocycles. The number of ether oxygens (including phenoxy) is 1. The van der Waals surface area contributed by atoms with Gasteiger partial charge in [-0.25, -0.2) is 4.98 Å². The van der Waals surface area contributed by atoms with E-state index in [-0.39, 0.29) is 17.2 Å². The molecule has 9 heteroatoms. The van der Waals surface area contributed by atoms with Crippen molar-refractivity contribution >= 4 is 34.0 Å². The largest absolute Gasteiger partial charge is 0.497 e. The Kier molecular flexibility index (Phi) is 5.88. The summed E-state index contributed by atoms with van der Waals surface area (Å²) >= 11 is 2.62. The first kappa shape index (κ1) is 20.2. The fraction of sp³-hybridized carbons (Fsp3) is 0.238. The number of hydrogen-bond acceptors (Lipinski definition) is 7. The number of nitriles is 1. The molecule has 0 saturated heterocycles. The van der Waals surface area contributed by atoms with E-state index >= 15 is 0 Å². The van der Waals surface area contributed by atoms with Crippen LogP contribution in [-0.2, 0) is 17.6 Å². The molecule has 0 aliphatic heterocycles. The summed E-state index contributed by atoms with van der Waals surface area (Å²) in [5, 5.41) is 13.2. The average molecular weight is 439 g/mol. The van der Waals surface area contributed by atoms with Crippen molar-refractivity contribution < 1.29 is 9.53 Å².